The van der Waals surface area contributed by atoms with Gasteiger partial charge in [0.25, 0.3) is 0 Å². The summed E-state index contributed by atoms with van der Waals surface area (Å²) in [6.45, 7) is 0. The van der Waals surface area contributed by atoms with Crippen molar-refractivity contribution in [1.29, 1.82) is 0 Å². The molecule has 8 rings (SSSR count). The fraction of sp³-hybridized carbons (Fsp3) is 0.0244. The van der Waals surface area contributed by atoms with Gasteiger partial charge >= 0.3 is 0 Å². The van der Waals surface area contributed by atoms with E-state index in [-0.39, 0.29) is 7.43 Å². The molecule has 0 aliphatic carbocycles. The summed E-state index contributed by atoms with van der Waals surface area (Å²) in [5, 5.41) is 9.93. The molecule has 0 saturated heterocycles. The van der Waals surface area contributed by atoms with Crippen LogP contribution >= 0.6 is 0 Å². The van der Waals surface area contributed by atoms with Crippen LogP contribution in [0.5, 0.6) is 0 Å². The van der Waals surface area contributed by atoms with E-state index in [4.69, 9.17) is 0 Å². The van der Waals surface area contributed by atoms with Gasteiger partial charge in [0.2, 0.25) is 0 Å². The Kier molecular flexibility index (Phi) is 6.41. The molecule has 0 spiro atoms. The van der Waals surface area contributed by atoms with Crippen LogP contribution in [0.25, 0.3) is 54.2 Å². The van der Waals surface area contributed by atoms with Crippen LogP contribution in [0.15, 0.2) is 164 Å². The topological polar surface area (TPSA) is 3.24 Å². The lowest BCUT2D eigenvalue weighted by molar-refractivity contribution is 1.32. The first kappa shape index (κ1) is 25.6. The van der Waals surface area contributed by atoms with Crippen LogP contribution in [-0.4, -0.2) is 0 Å². The van der Waals surface area contributed by atoms with E-state index in [9.17, 15) is 0 Å². The number of hydrogen-bond acceptors (Lipinski definition) is 1. The number of benzene rings is 8. The number of nitrogens with zero attached hydrogens (tertiary/aromatic N) is 1. The number of rotatable bonds is 4. The summed E-state index contributed by atoms with van der Waals surface area (Å²) < 4.78 is 0. The highest BCUT2D eigenvalue weighted by molar-refractivity contribution is 6.22. The fourth-order valence-electron chi connectivity index (χ4n) is 6.30. The smallest absolute Gasteiger partial charge is 0.0618 e. The van der Waals surface area contributed by atoms with E-state index >= 15 is 0 Å². The molecule has 0 radical (unpaired) electrons. The Morgan fingerprint density at radius 3 is 1.43 bits per heavy atom. The fourth-order valence-corrected chi connectivity index (χ4v) is 6.30. The SMILES string of the molecule is C.c1ccc(N(c2ccc3ccccc3c2)c2c3ccccc3c(-c3ccc4ccccc4c3)c3ccccc23)cc1. The summed E-state index contributed by atoms with van der Waals surface area (Å²) in [6.07, 6.45) is 0. The van der Waals surface area contributed by atoms with Gasteiger partial charge in [0.15, 0.2) is 0 Å². The van der Waals surface area contributed by atoms with Crippen molar-refractivity contribution < 1.29 is 0 Å². The number of hydrogen-bond donors (Lipinski definition) is 0. The molecule has 0 bridgehead atoms. The molecule has 1 nitrogen and oxygen atoms in total. The van der Waals surface area contributed by atoms with Gasteiger partial charge in [-0.05, 0) is 73.8 Å². The highest BCUT2D eigenvalue weighted by atomic mass is 15.1. The quantitative estimate of drug-likeness (QED) is 0.202. The van der Waals surface area contributed by atoms with Crippen LogP contribution < -0.4 is 4.90 Å². The highest BCUT2D eigenvalue weighted by Crippen LogP contribution is 2.48. The molecule has 0 aliphatic rings. The van der Waals surface area contributed by atoms with Gasteiger partial charge in [-0.2, -0.15) is 0 Å². The minimum atomic E-state index is 0. The van der Waals surface area contributed by atoms with Gasteiger partial charge in [-0.1, -0.05) is 141 Å². The molecule has 200 valence electrons. The zero-order valence-corrected chi connectivity index (χ0v) is 22.5. The molecule has 0 aromatic heterocycles. The first-order valence-electron chi connectivity index (χ1n) is 14.1. The molecule has 1 heteroatoms. The molecule has 0 fully saturated rings. The molecule has 0 saturated carbocycles. The maximum absolute atomic E-state index is 2.43. The summed E-state index contributed by atoms with van der Waals surface area (Å²) in [5.41, 5.74) is 5.99. The van der Waals surface area contributed by atoms with E-state index in [2.05, 4.69) is 169 Å². The second-order valence-electron chi connectivity index (χ2n) is 10.6. The first-order chi connectivity index (χ1) is 20.3. The molecule has 0 unspecified atom stereocenters. The van der Waals surface area contributed by atoms with E-state index in [1.165, 1.54) is 59.9 Å². The Hall–Kier alpha value is -5.40. The van der Waals surface area contributed by atoms with Gasteiger partial charge < -0.3 is 4.90 Å². The minimum absolute atomic E-state index is 0. The normalized spacial score (nSPS) is 11.1. The van der Waals surface area contributed by atoms with Gasteiger partial charge in [0, 0.05) is 22.1 Å². The standard InChI is InChI=1S/C40H27N.CH4/c1-2-16-33(17-3-1)41(34-25-24-29-13-5-7-15-31(29)27-34)40-37-20-10-8-18-35(37)39(36-19-9-11-21-38(36)40)32-23-22-28-12-4-6-14-30(28)26-32;/h1-27H;1H4. The van der Waals surface area contributed by atoms with Crippen molar-refractivity contribution in [1.82, 2.24) is 0 Å². The lowest BCUT2D eigenvalue weighted by Gasteiger charge is -2.29. The number of anilines is 3. The predicted octanol–water partition coefficient (Wildman–Crippen LogP) is 12.1. The average Bonchev–Trinajstić information content (AvgIpc) is 3.05. The lowest BCUT2D eigenvalue weighted by atomic mass is 9.89. The van der Waals surface area contributed by atoms with Crippen molar-refractivity contribution in [3.05, 3.63) is 164 Å². The number of para-hydroxylation sites is 1. The molecular weight excluding hydrogens is 506 g/mol. The number of fused-ring (bicyclic) bond motifs is 4. The Labute approximate surface area is 246 Å². The largest absolute Gasteiger partial charge is 0.309 e. The maximum Gasteiger partial charge on any atom is 0.0618 e. The summed E-state index contributed by atoms with van der Waals surface area (Å²) in [6, 6.07) is 59.3. The third-order valence-electron chi connectivity index (χ3n) is 8.17. The van der Waals surface area contributed by atoms with E-state index in [0.29, 0.717) is 0 Å². The molecule has 8 aromatic carbocycles. The van der Waals surface area contributed by atoms with Gasteiger partial charge in [0.05, 0.1) is 5.69 Å². The van der Waals surface area contributed by atoms with Crippen LogP contribution in [0.3, 0.4) is 0 Å². The summed E-state index contributed by atoms with van der Waals surface area (Å²) in [4.78, 5) is 2.43. The zero-order chi connectivity index (χ0) is 27.2. The monoisotopic (exact) mass is 537 g/mol. The van der Waals surface area contributed by atoms with Crippen LogP contribution in [0.4, 0.5) is 17.1 Å². The molecular formula is C41H31N. The summed E-state index contributed by atoms with van der Waals surface area (Å²) in [7, 11) is 0. The van der Waals surface area contributed by atoms with E-state index in [1.807, 2.05) is 0 Å². The molecule has 0 amide bonds. The second-order valence-corrected chi connectivity index (χ2v) is 10.6. The van der Waals surface area contributed by atoms with Crippen molar-refractivity contribution in [2.24, 2.45) is 0 Å². The van der Waals surface area contributed by atoms with E-state index < -0.39 is 0 Å². The van der Waals surface area contributed by atoms with Crippen molar-refractivity contribution in [3.63, 3.8) is 0 Å². The van der Waals surface area contributed by atoms with Crippen LogP contribution in [0.2, 0.25) is 0 Å². The maximum atomic E-state index is 2.43. The van der Waals surface area contributed by atoms with Crippen molar-refractivity contribution >= 4 is 60.2 Å². The van der Waals surface area contributed by atoms with E-state index in [0.717, 1.165) is 11.4 Å². The van der Waals surface area contributed by atoms with Crippen LogP contribution in [-0.2, 0) is 0 Å². The second kappa shape index (κ2) is 10.5. The highest BCUT2D eigenvalue weighted by Gasteiger charge is 2.22. The Morgan fingerprint density at radius 2 is 0.810 bits per heavy atom. The van der Waals surface area contributed by atoms with Gasteiger partial charge in [0.1, 0.15) is 0 Å². The summed E-state index contributed by atoms with van der Waals surface area (Å²) >= 11 is 0. The van der Waals surface area contributed by atoms with Gasteiger partial charge in [-0.15, -0.1) is 0 Å². The van der Waals surface area contributed by atoms with Gasteiger partial charge in [-0.3, -0.25) is 0 Å². The van der Waals surface area contributed by atoms with Gasteiger partial charge in [-0.25, -0.2) is 0 Å². The first-order valence-corrected chi connectivity index (χ1v) is 14.1. The third kappa shape index (κ3) is 4.19. The predicted molar refractivity (Wildman–Crippen MR) is 183 cm³/mol. The lowest BCUT2D eigenvalue weighted by Crippen LogP contribution is -2.11. The van der Waals surface area contributed by atoms with E-state index in [1.54, 1.807) is 0 Å². The van der Waals surface area contributed by atoms with Crippen molar-refractivity contribution in [2.45, 2.75) is 7.43 Å². The molecule has 0 heterocycles. The molecule has 8 aromatic rings. The molecule has 0 atom stereocenters. The third-order valence-corrected chi connectivity index (χ3v) is 8.17. The van der Waals surface area contributed by atoms with Crippen LogP contribution in [0, 0.1) is 0 Å². The molecule has 0 N–H and O–H groups in total. The molecule has 0 aliphatic heterocycles. The zero-order valence-electron chi connectivity index (χ0n) is 22.5. The Morgan fingerprint density at radius 1 is 0.333 bits per heavy atom. The Balaban J connectivity index is 0.00000288. The Bertz CT molecular complexity index is 2150. The summed E-state index contributed by atoms with van der Waals surface area (Å²) in [5.74, 6) is 0. The van der Waals surface area contributed by atoms with Crippen molar-refractivity contribution in [2.75, 3.05) is 4.90 Å². The molecule has 42 heavy (non-hydrogen) atoms. The van der Waals surface area contributed by atoms with Crippen molar-refractivity contribution in [3.8, 4) is 11.1 Å². The minimum Gasteiger partial charge on any atom is -0.309 e. The average molecular weight is 538 g/mol. The van der Waals surface area contributed by atoms with Crippen LogP contribution in [0.1, 0.15) is 7.43 Å².